The maximum absolute atomic E-state index is 13.5. The van der Waals surface area contributed by atoms with E-state index in [1.54, 1.807) is 4.68 Å². The molecule has 1 heterocycles. The standard InChI is InChI=1S/C14H15F2N5/c15-10-5-9(12(17)6-11(10)16)14-18-19-20-21(14)13(7-1-2-7)8-3-4-8/h5-8,13H,1-4,17H2. The van der Waals surface area contributed by atoms with Crippen LogP contribution < -0.4 is 5.73 Å². The Morgan fingerprint density at radius 3 is 2.33 bits per heavy atom. The molecule has 2 aromatic rings. The Bertz CT molecular complexity index is 679. The molecule has 1 aromatic carbocycles. The molecule has 21 heavy (non-hydrogen) atoms. The number of aromatic nitrogens is 4. The molecule has 2 fully saturated rings. The summed E-state index contributed by atoms with van der Waals surface area (Å²) in [6, 6.07) is 2.30. The topological polar surface area (TPSA) is 69.6 Å². The van der Waals surface area contributed by atoms with E-state index in [0.717, 1.165) is 12.1 Å². The number of nitrogens with zero attached hydrogens (tertiary/aromatic N) is 4. The van der Waals surface area contributed by atoms with Crippen molar-refractivity contribution < 1.29 is 8.78 Å². The summed E-state index contributed by atoms with van der Waals surface area (Å²) in [6.45, 7) is 0. The van der Waals surface area contributed by atoms with Gasteiger partial charge < -0.3 is 5.73 Å². The average Bonchev–Trinajstić information content (AvgIpc) is 3.35. The molecule has 0 bridgehead atoms. The average molecular weight is 291 g/mol. The van der Waals surface area contributed by atoms with Gasteiger partial charge in [-0.1, -0.05) is 0 Å². The van der Waals surface area contributed by atoms with Gasteiger partial charge in [0.2, 0.25) is 0 Å². The highest BCUT2D eigenvalue weighted by atomic mass is 19.2. The van der Waals surface area contributed by atoms with Gasteiger partial charge >= 0.3 is 0 Å². The van der Waals surface area contributed by atoms with Crippen LogP contribution in [0.3, 0.4) is 0 Å². The first-order valence-corrected chi connectivity index (χ1v) is 7.18. The van der Waals surface area contributed by atoms with E-state index >= 15 is 0 Å². The maximum Gasteiger partial charge on any atom is 0.184 e. The highest BCUT2D eigenvalue weighted by molar-refractivity contribution is 5.71. The van der Waals surface area contributed by atoms with Crippen molar-refractivity contribution in [2.45, 2.75) is 31.7 Å². The lowest BCUT2D eigenvalue weighted by Gasteiger charge is -2.17. The van der Waals surface area contributed by atoms with Crippen molar-refractivity contribution in [2.75, 3.05) is 5.73 Å². The van der Waals surface area contributed by atoms with E-state index in [4.69, 9.17) is 5.73 Å². The molecule has 0 atom stereocenters. The minimum atomic E-state index is -0.962. The lowest BCUT2D eigenvalue weighted by molar-refractivity contribution is 0.357. The lowest BCUT2D eigenvalue weighted by Crippen LogP contribution is -2.17. The van der Waals surface area contributed by atoms with Crippen molar-refractivity contribution in [3.63, 3.8) is 0 Å². The van der Waals surface area contributed by atoms with E-state index in [2.05, 4.69) is 15.5 Å². The Hall–Kier alpha value is -2.05. The Morgan fingerprint density at radius 1 is 1.10 bits per heavy atom. The normalized spacial score (nSPS) is 18.4. The molecule has 0 unspecified atom stereocenters. The van der Waals surface area contributed by atoms with Gasteiger partial charge in [-0.3, -0.25) is 0 Å². The molecule has 0 aliphatic heterocycles. The van der Waals surface area contributed by atoms with Crippen molar-refractivity contribution in [3.05, 3.63) is 23.8 Å². The SMILES string of the molecule is Nc1cc(F)c(F)cc1-c1nnnn1C(C1CC1)C1CC1. The van der Waals surface area contributed by atoms with Gasteiger partial charge in [0.25, 0.3) is 0 Å². The molecule has 7 heteroatoms. The monoisotopic (exact) mass is 291 g/mol. The van der Waals surface area contributed by atoms with Gasteiger partial charge in [-0.05, 0) is 54.0 Å². The zero-order valence-corrected chi connectivity index (χ0v) is 11.3. The predicted octanol–water partition coefficient (Wildman–Crippen LogP) is 2.56. The maximum atomic E-state index is 13.5. The number of nitrogen functional groups attached to an aromatic ring is 1. The molecule has 0 amide bonds. The lowest BCUT2D eigenvalue weighted by atomic mass is 10.1. The van der Waals surface area contributed by atoms with E-state index in [1.165, 1.54) is 25.7 Å². The third-order valence-electron chi connectivity index (χ3n) is 4.32. The number of anilines is 1. The van der Waals surface area contributed by atoms with Crippen molar-refractivity contribution in [1.29, 1.82) is 0 Å². The highest BCUT2D eigenvalue weighted by Gasteiger charge is 2.44. The third kappa shape index (κ3) is 2.16. The number of hydrogen-bond acceptors (Lipinski definition) is 4. The van der Waals surface area contributed by atoms with E-state index in [1.807, 2.05) is 0 Å². The van der Waals surface area contributed by atoms with Gasteiger partial charge in [-0.25, -0.2) is 13.5 Å². The zero-order valence-electron chi connectivity index (χ0n) is 11.3. The minimum Gasteiger partial charge on any atom is -0.398 e. The summed E-state index contributed by atoms with van der Waals surface area (Å²) in [5.41, 5.74) is 6.32. The summed E-state index contributed by atoms with van der Waals surface area (Å²) in [7, 11) is 0. The van der Waals surface area contributed by atoms with Crippen LogP contribution in [0.25, 0.3) is 11.4 Å². The molecule has 2 N–H and O–H groups in total. The van der Waals surface area contributed by atoms with Crippen LogP contribution in [0.2, 0.25) is 0 Å². The predicted molar refractivity (Wildman–Crippen MR) is 72.1 cm³/mol. The molecule has 0 spiro atoms. The van der Waals surface area contributed by atoms with Gasteiger partial charge in [-0.2, -0.15) is 0 Å². The third-order valence-corrected chi connectivity index (χ3v) is 4.32. The van der Waals surface area contributed by atoms with Crippen LogP contribution in [0.4, 0.5) is 14.5 Å². The van der Waals surface area contributed by atoms with Crippen molar-refractivity contribution in [1.82, 2.24) is 20.2 Å². The molecule has 0 saturated heterocycles. The summed E-state index contributed by atoms with van der Waals surface area (Å²) in [4.78, 5) is 0. The van der Waals surface area contributed by atoms with E-state index in [9.17, 15) is 8.78 Å². The first kappa shape index (κ1) is 12.7. The summed E-state index contributed by atoms with van der Waals surface area (Å²) >= 11 is 0. The summed E-state index contributed by atoms with van der Waals surface area (Å²) in [5.74, 6) is -0.299. The fourth-order valence-electron chi connectivity index (χ4n) is 2.99. The number of halogens is 2. The molecule has 2 aliphatic rings. The van der Waals surface area contributed by atoms with Crippen LogP contribution in [0.5, 0.6) is 0 Å². The molecule has 2 aliphatic carbocycles. The highest BCUT2D eigenvalue weighted by Crippen LogP contribution is 2.52. The van der Waals surface area contributed by atoms with E-state index < -0.39 is 11.6 Å². The van der Waals surface area contributed by atoms with Crippen LogP contribution >= 0.6 is 0 Å². The second kappa shape index (κ2) is 4.47. The van der Waals surface area contributed by atoms with Crippen LogP contribution in [-0.4, -0.2) is 20.2 Å². The molecular formula is C14H15F2N5. The number of tetrazole rings is 1. The number of hydrogen-bond donors (Lipinski definition) is 1. The zero-order chi connectivity index (χ0) is 14.6. The van der Waals surface area contributed by atoms with Gasteiger partial charge in [0.05, 0.1) is 6.04 Å². The van der Waals surface area contributed by atoms with Crippen molar-refractivity contribution in [2.24, 2.45) is 11.8 Å². The molecule has 4 rings (SSSR count). The van der Waals surface area contributed by atoms with Gasteiger partial charge in [0.1, 0.15) is 0 Å². The van der Waals surface area contributed by atoms with E-state index in [0.29, 0.717) is 23.2 Å². The second-order valence-corrected chi connectivity index (χ2v) is 5.97. The molecule has 0 radical (unpaired) electrons. The van der Waals surface area contributed by atoms with Crippen LogP contribution in [0.15, 0.2) is 12.1 Å². The Kier molecular flexibility index (Phi) is 2.70. The largest absolute Gasteiger partial charge is 0.398 e. The summed E-state index contributed by atoms with van der Waals surface area (Å²) in [5, 5.41) is 11.8. The van der Waals surface area contributed by atoms with Crippen LogP contribution in [0, 0.1) is 23.5 Å². The molecule has 1 aromatic heterocycles. The second-order valence-electron chi connectivity index (χ2n) is 5.97. The van der Waals surface area contributed by atoms with Crippen molar-refractivity contribution >= 4 is 5.69 Å². The smallest absolute Gasteiger partial charge is 0.184 e. The van der Waals surface area contributed by atoms with Gasteiger partial charge in [-0.15, -0.1) is 5.10 Å². The minimum absolute atomic E-state index is 0.148. The molecular weight excluding hydrogens is 276 g/mol. The van der Waals surface area contributed by atoms with E-state index in [-0.39, 0.29) is 11.7 Å². The van der Waals surface area contributed by atoms with Crippen molar-refractivity contribution in [3.8, 4) is 11.4 Å². The summed E-state index contributed by atoms with van der Waals surface area (Å²) < 4.78 is 28.5. The number of benzene rings is 1. The molecule has 2 saturated carbocycles. The molecule has 5 nitrogen and oxygen atoms in total. The van der Waals surface area contributed by atoms with Gasteiger partial charge in [0.15, 0.2) is 17.5 Å². The van der Waals surface area contributed by atoms with Crippen LogP contribution in [0.1, 0.15) is 31.7 Å². The Morgan fingerprint density at radius 2 is 1.71 bits per heavy atom. The first-order chi connectivity index (χ1) is 10.1. The summed E-state index contributed by atoms with van der Waals surface area (Å²) in [6.07, 6.45) is 4.70. The number of rotatable bonds is 4. The van der Waals surface area contributed by atoms with Gasteiger partial charge in [0, 0.05) is 17.3 Å². The van der Waals surface area contributed by atoms with Crippen LogP contribution in [-0.2, 0) is 0 Å². The number of nitrogens with two attached hydrogens (primary N) is 1. The fourth-order valence-corrected chi connectivity index (χ4v) is 2.99. The quantitative estimate of drug-likeness (QED) is 0.879. The Balaban J connectivity index is 1.79. The molecule has 110 valence electrons. The fraction of sp³-hybridized carbons (Fsp3) is 0.500. The first-order valence-electron chi connectivity index (χ1n) is 7.18. The Labute approximate surface area is 120 Å².